The van der Waals surface area contributed by atoms with Gasteiger partial charge in [0.1, 0.15) is 5.76 Å². The number of nitrogens with zero attached hydrogens (tertiary/aromatic N) is 2. The van der Waals surface area contributed by atoms with Crippen LogP contribution in [0.4, 0.5) is 0 Å². The van der Waals surface area contributed by atoms with E-state index in [4.69, 9.17) is 21.8 Å². The highest BCUT2D eigenvalue weighted by atomic mass is 127. The average molecular weight is 463 g/mol. The predicted octanol–water partition coefficient (Wildman–Crippen LogP) is 2.86. The molecule has 24 heavy (non-hydrogen) atoms. The summed E-state index contributed by atoms with van der Waals surface area (Å²) in [6.45, 7) is 1.06. The Morgan fingerprint density at radius 3 is 2.71 bits per heavy atom. The normalized spacial score (nSPS) is 10.9. The van der Waals surface area contributed by atoms with Crippen LogP contribution in [0, 0.1) is 0 Å². The van der Waals surface area contributed by atoms with Gasteiger partial charge < -0.3 is 20.4 Å². The number of benzene rings is 1. The molecule has 0 atom stereocenters. The molecule has 0 aliphatic rings. The third kappa shape index (κ3) is 5.72. The number of nitrogens with one attached hydrogen (secondary N) is 1. The Labute approximate surface area is 163 Å². The highest BCUT2D eigenvalue weighted by Gasteiger charge is 2.10. The molecule has 2 rings (SSSR count). The smallest absolute Gasteiger partial charge is 0.284 e. The third-order valence-electron chi connectivity index (χ3n) is 3.21. The highest BCUT2D eigenvalue weighted by Crippen LogP contribution is 2.12. The summed E-state index contributed by atoms with van der Waals surface area (Å²) in [7, 11) is 3.63. The number of aliphatic imine (C=N–C) groups is 1. The van der Waals surface area contributed by atoms with Crippen LogP contribution in [0.15, 0.2) is 45.8 Å². The van der Waals surface area contributed by atoms with Crippen LogP contribution in [0.1, 0.15) is 21.9 Å². The largest absolute Gasteiger partial charge is 0.454 e. The first-order valence-corrected chi connectivity index (χ1v) is 7.42. The lowest BCUT2D eigenvalue weighted by atomic mass is 10.2. The number of hydrogen-bond donors (Lipinski definition) is 2. The van der Waals surface area contributed by atoms with Gasteiger partial charge in [-0.2, -0.15) is 0 Å². The van der Waals surface area contributed by atoms with E-state index < -0.39 is 5.91 Å². The van der Waals surface area contributed by atoms with E-state index in [2.05, 4.69) is 10.3 Å². The molecular weight excluding hydrogens is 443 g/mol. The number of guanidine groups is 1. The zero-order valence-corrected chi connectivity index (χ0v) is 16.5. The van der Waals surface area contributed by atoms with Gasteiger partial charge in [-0.05, 0) is 29.8 Å². The van der Waals surface area contributed by atoms with Crippen LogP contribution in [-0.4, -0.2) is 30.9 Å². The molecule has 0 radical (unpaired) electrons. The number of amides is 1. The number of carbonyl (C=O) groups excluding carboxylic acids is 1. The van der Waals surface area contributed by atoms with E-state index in [0.717, 1.165) is 5.56 Å². The maximum Gasteiger partial charge on any atom is 0.284 e. The SMILES string of the molecule is CN=C(NCc1ccc(C(N)=O)o1)N(C)Cc1cccc(Cl)c1.I. The maximum absolute atomic E-state index is 11.0. The second-order valence-corrected chi connectivity index (χ2v) is 5.45. The van der Waals surface area contributed by atoms with Crippen molar-refractivity contribution in [2.75, 3.05) is 14.1 Å². The summed E-state index contributed by atoms with van der Waals surface area (Å²) < 4.78 is 5.33. The van der Waals surface area contributed by atoms with Gasteiger partial charge in [-0.1, -0.05) is 23.7 Å². The fraction of sp³-hybridized carbons (Fsp3) is 0.250. The fourth-order valence-electron chi connectivity index (χ4n) is 2.14. The summed E-state index contributed by atoms with van der Waals surface area (Å²) in [4.78, 5) is 17.2. The molecule has 1 aromatic heterocycles. The van der Waals surface area contributed by atoms with Crippen molar-refractivity contribution >= 4 is 47.4 Å². The van der Waals surface area contributed by atoms with Crippen LogP contribution in [0.25, 0.3) is 0 Å². The van der Waals surface area contributed by atoms with Crippen molar-refractivity contribution in [3.8, 4) is 0 Å². The maximum atomic E-state index is 11.0. The third-order valence-corrected chi connectivity index (χ3v) is 3.44. The Bertz CT molecular complexity index is 718. The Morgan fingerprint density at radius 2 is 2.12 bits per heavy atom. The lowest BCUT2D eigenvalue weighted by Gasteiger charge is -2.22. The van der Waals surface area contributed by atoms with Crippen LogP contribution < -0.4 is 11.1 Å². The second-order valence-electron chi connectivity index (χ2n) is 5.02. The molecule has 0 fully saturated rings. The van der Waals surface area contributed by atoms with Crippen LogP contribution >= 0.6 is 35.6 Å². The van der Waals surface area contributed by atoms with E-state index in [1.54, 1.807) is 19.2 Å². The van der Waals surface area contributed by atoms with E-state index >= 15 is 0 Å². The van der Waals surface area contributed by atoms with Crippen molar-refractivity contribution in [2.24, 2.45) is 10.7 Å². The van der Waals surface area contributed by atoms with Crippen molar-refractivity contribution in [1.82, 2.24) is 10.2 Å². The molecule has 8 heteroatoms. The molecule has 1 amide bonds. The lowest BCUT2D eigenvalue weighted by molar-refractivity contribution is 0.0972. The summed E-state index contributed by atoms with van der Waals surface area (Å²) >= 11 is 6.00. The Kier molecular flexibility index (Phi) is 8.06. The van der Waals surface area contributed by atoms with Crippen molar-refractivity contribution in [3.63, 3.8) is 0 Å². The molecule has 0 saturated heterocycles. The summed E-state index contributed by atoms with van der Waals surface area (Å²) in [5.74, 6) is 0.862. The first-order chi connectivity index (χ1) is 11.0. The van der Waals surface area contributed by atoms with Gasteiger partial charge >= 0.3 is 0 Å². The van der Waals surface area contributed by atoms with E-state index in [-0.39, 0.29) is 29.7 Å². The van der Waals surface area contributed by atoms with Gasteiger partial charge in [0.15, 0.2) is 11.7 Å². The molecule has 1 aromatic carbocycles. The van der Waals surface area contributed by atoms with Crippen LogP contribution in [0.2, 0.25) is 5.02 Å². The van der Waals surface area contributed by atoms with Crippen LogP contribution in [0.5, 0.6) is 0 Å². The van der Waals surface area contributed by atoms with Gasteiger partial charge in [-0.25, -0.2) is 0 Å². The summed E-state index contributed by atoms with van der Waals surface area (Å²) in [5.41, 5.74) is 6.24. The quantitative estimate of drug-likeness (QED) is 0.407. The van der Waals surface area contributed by atoms with Gasteiger partial charge in [0.25, 0.3) is 5.91 Å². The molecule has 130 valence electrons. The second kappa shape index (κ2) is 9.53. The number of nitrogens with two attached hydrogens (primary N) is 1. The summed E-state index contributed by atoms with van der Waals surface area (Å²) in [6.07, 6.45) is 0. The molecule has 0 spiro atoms. The fourth-order valence-corrected chi connectivity index (χ4v) is 2.35. The van der Waals surface area contributed by atoms with Gasteiger partial charge in [-0.15, -0.1) is 24.0 Å². The van der Waals surface area contributed by atoms with E-state index in [1.807, 2.05) is 36.2 Å². The molecule has 0 aliphatic heterocycles. The molecule has 0 bridgehead atoms. The molecule has 6 nitrogen and oxygen atoms in total. The zero-order valence-electron chi connectivity index (χ0n) is 13.5. The van der Waals surface area contributed by atoms with E-state index in [1.165, 1.54) is 0 Å². The first kappa shape index (κ1) is 20.3. The Hall–Kier alpha value is -1.74. The topological polar surface area (TPSA) is 83.9 Å². The summed E-state index contributed by atoms with van der Waals surface area (Å²) in [5, 5.41) is 3.87. The number of furan rings is 1. The molecular formula is C16H20ClIN4O2. The number of carbonyl (C=O) groups is 1. The molecule has 2 aromatic rings. The van der Waals surface area contributed by atoms with Gasteiger partial charge in [0.05, 0.1) is 6.54 Å². The van der Waals surface area contributed by atoms with Crippen LogP contribution in [0.3, 0.4) is 0 Å². The standard InChI is InChI=1S/C16H19ClN4O2.HI/c1-19-16(20-9-13-6-7-14(23-13)15(18)22)21(2)10-11-4-3-5-12(17)8-11;/h3-8H,9-10H2,1-2H3,(H2,18,22)(H,19,20);1H. The minimum absolute atomic E-state index is 0. The lowest BCUT2D eigenvalue weighted by Crippen LogP contribution is -2.37. The minimum atomic E-state index is -0.585. The molecule has 1 heterocycles. The molecule has 0 unspecified atom stereocenters. The number of rotatable bonds is 5. The van der Waals surface area contributed by atoms with Crippen molar-refractivity contribution in [1.29, 1.82) is 0 Å². The Balaban J connectivity index is 0.00000288. The minimum Gasteiger partial charge on any atom is -0.454 e. The zero-order chi connectivity index (χ0) is 16.8. The molecule has 0 aliphatic carbocycles. The van der Waals surface area contributed by atoms with Crippen LogP contribution in [-0.2, 0) is 13.1 Å². The van der Waals surface area contributed by atoms with E-state index in [9.17, 15) is 4.79 Å². The number of halogens is 2. The average Bonchev–Trinajstić information content (AvgIpc) is 2.97. The molecule has 0 saturated carbocycles. The van der Waals surface area contributed by atoms with Gasteiger partial charge in [-0.3, -0.25) is 9.79 Å². The van der Waals surface area contributed by atoms with Gasteiger partial charge in [0, 0.05) is 25.7 Å². The predicted molar refractivity (Wildman–Crippen MR) is 106 cm³/mol. The van der Waals surface area contributed by atoms with Crippen molar-refractivity contribution < 1.29 is 9.21 Å². The van der Waals surface area contributed by atoms with E-state index in [0.29, 0.717) is 29.8 Å². The van der Waals surface area contributed by atoms with Crippen molar-refractivity contribution in [3.05, 3.63) is 58.5 Å². The number of hydrogen-bond acceptors (Lipinski definition) is 3. The van der Waals surface area contributed by atoms with Crippen molar-refractivity contribution in [2.45, 2.75) is 13.1 Å². The first-order valence-electron chi connectivity index (χ1n) is 7.04. The van der Waals surface area contributed by atoms with Gasteiger partial charge in [0.2, 0.25) is 0 Å². The summed E-state index contributed by atoms with van der Waals surface area (Å²) in [6, 6.07) is 10.9. The Morgan fingerprint density at radius 1 is 1.38 bits per heavy atom. The number of primary amides is 1. The monoisotopic (exact) mass is 462 g/mol. The molecule has 3 N–H and O–H groups in total. The highest BCUT2D eigenvalue weighted by molar-refractivity contribution is 14.0.